The van der Waals surface area contributed by atoms with Crippen LogP contribution in [0.5, 0.6) is 0 Å². The molecule has 1 aromatic heterocycles. The maximum absolute atomic E-state index is 12.5. The maximum atomic E-state index is 12.5. The number of rotatable bonds is 5. The van der Waals surface area contributed by atoms with Crippen molar-refractivity contribution in [1.82, 2.24) is 19.5 Å². The van der Waals surface area contributed by atoms with E-state index in [4.69, 9.17) is 5.73 Å². The Labute approximate surface area is 124 Å². The molecule has 0 radical (unpaired) electrons. The van der Waals surface area contributed by atoms with Crippen LogP contribution in [0, 0.1) is 13.8 Å². The Bertz CT molecular complexity index is 729. The van der Waals surface area contributed by atoms with E-state index in [9.17, 15) is 8.42 Å². The number of nitrogens with one attached hydrogen (secondary N) is 1. The van der Waals surface area contributed by atoms with E-state index < -0.39 is 10.0 Å². The average Bonchev–Trinajstić information content (AvgIpc) is 2.82. The Hall–Kier alpha value is -1.93. The van der Waals surface area contributed by atoms with Crippen molar-refractivity contribution in [3.63, 3.8) is 0 Å². The summed E-state index contributed by atoms with van der Waals surface area (Å²) in [4.78, 5) is 0.263. The van der Waals surface area contributed by atoms with Gasteiger partial charge in [0.1, 0.15) is 12.2 Å². The van der Waals surface area contributed by atoms with Gasteiger partial charge in [0.2, 0.25) is 10.0 Å². The number of hydrogen-bond acceptors (Lipinski definition) is 5. The van der Waals surface area contributed by atoms with Gasteiger partial charge < -0.3 is 10.3 Å². The number of nitrogens with zero attached hydrogens (tertiary/aromatic N) is 3. The fraction of sp³-hybridized carbons (Fsp3) is 0.385. The van der Waals surface area contributed by atoms with Gasteiger partial charge in [0.05, 0.1) is 11.4 Å². The van der Waals surface area contributed by atoms with Gasteiger partial charge in [0, 0.05) is 12.2 Å². The van der Waals surface area contributed by atoms with Gasteiger partial charge in [0.25, 0.3) is 0 Å². The number of sulfonamides is 1. The van der Waals surface area contributed by atoms with Crippen LogP contribution >= 0.6 is 0 Å². The summed E-state index contributed by atoms with van der Waals surface area (Å²) >= 11 is 0. The van der Waals surface area contributed by atoms with Crippen LogP contribution in [0.25, 0.3) is 0 Å². The van der Waals surface area contributed by atoms with Crippen molar-refractivity contribution in [2.45, 2.75) is 38.8 Å². The zero-order chi connectivity index (χ0) is 15.6. The van der Waals surface area contributed by atoms with Crippen LogP contribution in [-0.2, 0) is 23.1 Å². The monoisotopic (exact) mass is 309 g/mol. The average molecular weight is 309 g/mol. The smallest absolute Gasteiger partial charge is 0.241 e. The maximum Gasteiger partial charge on any atom is 0.241 e. The summed E-state index contributed by atoms with van der Waals surface area (Å²) in [7, 11) is -3.63. The Kier molecular flexibility index (Phi) is 4.29. The fourth-order valence-electron chi connectivity index (χ4n) is 2.32. The Balaban J connectivity index is 2.27. The molecule has 0 spiro atoms. The van der Waals surface area contributed by atoms with Gasteiger partial charge in [-0.1, -0.05) is 0 Å². The van der Waals surface area contributed by atoms with Gasteiger partial charge in [-0.15, -0.1) is 10.2 Å². The lowest BCUT2D eigenvalue weighted by Crippen LogP contribution is -2.26. The highest BCUT2D eigenvalue weighted by molar-refractivity contribution is 7.89. The van der Waals surface area contributed by atoms with E-state index in [2.05, 4.69) is 14.9 Å². The second-order valence-corrected chi connectivity index (χ2v) is 6.55. The number of hydrogen-bond donors (Lipinski definition) is 2. The van der Waals surface area contributed by atoms with Crippen LogP contribution in [-0.4, -0.2) is 23.2 Å². The molecule has 0 aliphatic heterocycles. The predicted molar refractivity (Wildman–Crippen MR) is 80.0 cm³/mol. The van der Waals surface area contributed by atoms with Gasteiger partial charge in [0.15, 0.2) is 0 Å². The summed E-state index contributed by atoms with van der Waals surface area (Å²) in [6, 6.07) is 3.30. The summed E-state index contributed by atoms with van der Waals surface area (Å²) in [5, 5.41) is 7.68. The van der Waals surface area contributed by atoms with E-state index in [1.54, 1.807) is 36.9 Å². The molecule has 0 aliphatic rings. The van der Waals surface area contributed by atoms with Crippen LogP contribution < -0.4 is 10.5 Å². The molecule has 0 amide bonds. The zero-order valence-electron chi connectivity index (χ0n) is 12.3. The van der Waals surface area contributed by atoms with E-state index in [1.165, 1.54) is 0 Å². The van der Waals surface area contributed by atoms with E-state index in [1.807, 2.05) is 6.92 Å². The molecule has 0 atom stereocenters. The first-order chi connectivity index (χ1) is 9.85. The molecule has 0 fully saturated rings. The SMILES string of the molecule is CCn1cnnc1CNS(=O)(=O)c1c(C)cc(N)cc1C. The predicted octanol–water partition coefficient (Wildman–Crippen LogP) is 0.976. The summed E-state index contributed by atoms with van der Waals surface area (Å²) < 4.78 is 29.3. The van der Waals surface area contributed by atoms with Gasteiger partial charge in [-0.2, -0.15) is 0 Å². The lowest BCUT2D eigenvalue weighted by Gasteiger charge is -2.13. The van der Waals surface area contributed by atoms with Gasteiger partial charge >= 0.3 is 0 Å². The minimum absolute atomic E-state index is 0.0967. The number of aryl methyl sites for hydroxylation is 3. The van der Waals surface area contributed by atoms with Crippen molar-refractivity contribution in [2.24, 2.45) is 0 Å². The molecule has 8 heteroatoms. The van der Waals surface area contributed by atoms with Crippen LogP contribution in [0.4, 0.5) is 5.69 Å². The van der Waals surface area contributed by atoms with E-state index in [0.717, 1.165) is 0 Å². The second kappa shape index (κ2) is 5.82. The molecule has 0 bridgehead atoms. The second-order valence-electron chi connectivity index (χ2n) is 4.84. The first-order valence-corrected chi connectivity index (χ1v) is 8.06. The summed E-state index contributed by atoms with van der Waals surface area (Å²) in [5.41, 5.74) is 7.52. The molecule has 0 unspecified atom stereocenters. The largest absolute Gasteiger partial charge is 0.399 e. The Morgan fingerprint density at radius 1 is 1.29 bits per heavy atom. The molecule has 21 heavy (non-hydrogen) atoms. The van der Waals surface area contributed by atoms with Crippen LogP contribution in [0.2, 0.25) is 0 Å². The van der Waals surface area contributed by atoms with Crippen molar-refractivity contribution < 1.29 is 8.42 Å². The van der Waals surface area contributed by atoms with E-state index in [-0.39, 0.29) is 11.4 Å². The molecule has 0 saturated carbocycles. The van der Waals surface area contributed by atoms with Crippen LogP contribution in [0.15, 0.2) is 23.4 Å². The molecule has 1 heterocycles. The molecular formula is C13H19N5O2S. The topological polar surface area (TPSA) is 103 Å². The van der Waals surface area contributed by atoms with E-state index in [0.29, 0.717) is 29.2 Å². The third-order valence-corrected chi connectivity index (χ3v) is 4.91. The molecule has 2 aromatic rings. The lowest BCUT2D eigenvalue weighted by atomic mass is 10.1. The Morgan fingerprint density at radius 2 is 1.90 bits per heavy atom. The third kappa shape index (κ3) is 3.22. The molecular weight excluding hydrogens is 290 g/mol. The molecule has 3 N–H and O–H groups in total. The summed E-state index contributed by atoms with van der Waals surface area (Å²) in [6.07, 6.45) is 1.57. The third-order valence-electron chi connectivity index (χ3n) is 3.21. The molecule has 7 nitrogen and oxygen atoms in total. The summed E-state index contributed by atoms with van der Waals surface area (Å²) in [6.45, 7) is 6.18. The number of aromatic nitrogens is 3. The van der Waals surface area contributed by atoms with E-state index >= 15 is 0 Å². The van der Waals surface area contributed by atoms with Crippen molar-refractivity contribution in [3.05, 3.63) is 35.4 Å². The highest BCUT2D eigenvalue weighted by atomic mass is 32.2. The van der Waals surface area contributed by atoms with Gasteiger partial charge in [-0.3, -0.25) is 0 Å². The standard InChI is InChI=1S/C13H19N5O2S/c1-4-18-8-15-17-12(18)7-16-21(19,20)13-9(2)5-11(14)6-10(13)3/h5-6,8,16H,4,7,14H2,1-3H3. The van der Waals surface area contributed by atoms with Gasteiger partial charge in [-0.05, 0) is 44.0 Å². The quantitative estimate of drug-likeness (QED) is 0.801. The number of nitrogen functional groups attached to an aromatic ring is 1. The molecule has 0 saturated heterocycles. The summed E-state index contributed by atoms with van der Waals surface area (Å²) in [5.74, 6) is 0.576. The highest BCUT2D eigenvalue weighted by Crippen LogP contribution is 2.22. The minimum Gasteiger partial charge on any atom is -0.399 e. The van der Waals surface area contributed by atoms with Crippen molar-refractivity contribution in [2.75, 3.05) is 5.73 Å². The molecule has 114 valence electrons. The number of anilines is 1. The minimum atomic E-state index is -3.63. The number of benzene rings is 1. The molecule has 2 rings (SSSR count). The zero-order valence-corrected chi connectivity index (χ0v) is 13.1. The van der Waals surface area contributed by atoms with Gasteiger partial charge in [-0.25, -0.2) is 13.1 Å². The lowest BCUT2D eigenvalue weighted by molar-refractivity contribution is 0.574. The van der Waals surface area contributed by atoms with Crippen molar-refractivity contribution in [1.29, 1.82) is 0 Å². The van der Waals surface area contributed by atoms with Crippen molar-refractivity contribution >= 4 is 15.7 Å². The fourth-order valence-corrected chi connectivity index (χ4v) is 3.75. The first-order valence-electron chi connectivity index (χ1n) is 6.58. The van der Waals surface area contributed by atoms with Crippen molar-refractivity contribution in [3.8, 4) is 0 Å². The normalized spacial score (nSPS) is 11.8. The van der Waals surface area contributed by atoms with Crippen LogP contribution in [0.3, 0.4) is 0 Å². The number of nitrogens with two attached hydrogens (primary N) is 1. The Morgan fingerprint density at radius 3 is 2.48 bits per heavy atom. The highest BCUT2D eigenvalue weighted by Gasteiger charge is 2.20. The molecule has 1 aromatic carbocycles. The van der Waals surface area contributed by atoms with Crippen LogP contribution in [0.1, 0.15) is 23.9 Å². The first kappa shape index (κ1) is 15.5. The molecule has 0 aliphatic carbocycles.